The molecule has 0 atom stereocenters. The Balaban J connectivity index is 2.04. The van der Waals surface area contributed by atoms with E-state index in [4.69, 9.17) is 0 Å². The second kappa shape index (κ2) is 5.55. The van der Waals surface area contributed by atoms with Crippen molar-refractivity contribution in [2.75, 3.05) is 0 Å². The number of carboxylic acid groups (broad SMARTS) is 1. The molecule has 1 amide bonds. The first-order valence-corrected chi connectivity index (χ1v) is 6.87. The summed E-state index contributed by atoms with van der Waals surface area (Å²) in [6.07, 6.45) is 9.68. The zero-order valence-corrected chi connectivity index (χ0v) is 10.7. The molecule has 2 rings (SSSR count). The van der Waals surface area contributed by atoms with Gasteiger partial charge in [-0.1, -0.05) is 31.3 Å². The Kier molecular flexibility index (Phi) is 4.04. The van der Waals surface area contributed by atoms with Gasteiger partial charge in [-0.25, -0.2) is 4.79 Å². The first-order chi connectivity index (χ1) is 8.62. The average molecular weight is 251 g/mol. The van der Waals surface area contributed by atoms with E-state index in [0.717, 1.165) is 50.5 Å². The zero-order chi connectivity index (χ0) is 13.0. The van der Waals surface area contributed by atoms with Gasteiger partial charge in [-0.2, -0.15) is 0 Å². The van der Waals surface area contributed by atoms with Crippen molar-refractivity contribution >= 4 is 11.9 Å². The van der Waals surface area contributed by atoms with Crippen LogP contribution in [0.5, 0.6) is 0 Å². The molecule has 2 aliphatic carbocycles. The quantitative estimate of drug-likeness (QED) is 0.598. The van der Waals surface area contributed by atoms with Gasteiger partial charge in [-0.15, -0.1) is 0 Å². The predicted molar refractivity (Wildman–Crippen MR) is 68.1 cm³/mol. The Morgan fingerprint density at radius 1 is 1.06 bits per heavy atom. The van der Waals surface area contributed by atoms with E-state index in [-0.39, 0.29) is 5.91 Å². The molecule has 0 saturated heterocycles. The second-order valence-electron chi connectivity index (χ2n) is 5.45. The van der Waals surface area contributed by atoms with E-state index >= 15 is 0 Å². The largest absolute Gasteiger partial charge is 0.480 e. The number of amides is 1. The summed E-state index contributed by atoms with van der Waals surface area (Å²) in [4.78, 5) is 23.4. The van der Waals surface area contributed by atoms with Gasteiger partial charge in [0.05, 0.1) is 0 Å². The lowest BCUT2D eigenvalue weighted by Crippen LogP contribution is -2.53. The molecule has 4 heteroatoms. The highest BCUT2D eigenvalue weighted by molar-refractivity contribution is 5.93. The van der Waals surface area contributed by atoms with Crippen molar-refractivity contribution in [2.24, 2.45) is 0 Å². The smallest absolute Gasteiger partial charge is 0.329 e. The minimum absolute atomic E-state index is 0.228. The summed E-state index contributed by atoms with van der Waals surface area (Å²) in [7, 11) is 0. The average Bonchev–Trinajstić information content (AvgIpc) is 2.50. The maximum Gasteiger partial charge on any atom is 0.329 e. The van der Waals surface area contributed by atoms with Gasteiger partial charge in [-0.3, -0.25) is 4.79 Å². The third kappa shape index (κ3) is 2.92. The molecule has 0 aromatic heterocycles. The summed E-state index contributed by atoms with van der Waals surface area (Å²) in [5.74, 6) is -1.11. The summed E-state index contributed by atoms with van der Waals surface area (Å²) in [5, 5.41) is 12.2. The van der Waals surface area contributed by atoms with Gasteiger partial charge in [0.15, 0.2) is 0 Å². The van der Waals surface area contributed by atoms with Gasteiger partial charge in [0.2, 0.25) is 5.91 Å². The molecule has 4 nitrogen and oxygen atoms in total. The fraction of sp³-hybridized carbons (Fsp3) is 0.714. The molecule has 0 aliphatic heterocycles. The Bertz CT molecular complexity index is 359. The van der Waals surface area contributed by atoms with Crippen LogP contribution in [0.25, 0.3) is 0 Å². The van der Waals surface area contributed by atoms with E-state index in [2.05, 4.69) is 5.32 Å². The maximum atomic E-state index is 11.9. The fourth-order valence-corrected chi connectivity index (χ4v) is 2.71. The molecule has 100 valence electrons. The van der Waals surface area contributed by atoms with Crippen LogP contribution in [0, 0.1) is 0 Å². The molecule has 0 heterocycles. The molecule has 0 spiro atoms. The molecule has 0 aromatic carbocycles. The maximum absolute atomic E-state index is 11.9. The minimum atomic E-state index is -1.03. The van der Waals surface area contributed by atoms with Crippen LogP contribution in [0.15, 0.2) is 11.6 Å². The van der Waals surface area contributed by atoms with Crippen LogP contribution >= 0.6 is 0 Å². The van der Waals surface area contributed by atoms with E-state index in [1.165, 1.54) is 0 Å². The predicted octanol–water partition coefficient (Wildman–Crippen LogP) is 2.39. The number of carbonyl (C=O) groups is 2. The molecule has 2 fully saturated rings. The highest BCUT2D eigenvalue weighted by Crippen LogP contribution is 2.28. The Morgan fingerprint density at radius 2 is 1.67 bits per heavy atom. The molecular weight excluding hydrogens is 230 g/mol. The summed E-state index contributed by atoms with van der Waals surface area (Å²) >= 11 is 0. The van der Waals surface area contributed by atoms with Gasteiger partial charge < -0.3 is 10.4 Å². The van der Waals surface area contributed by atoms with Gasteiger partial charge in [0.1, 0.15) is 5.54 Å². The number of nitrogens with one attached hydrogen (secondary N) is 1. The number of hydrogen-bond donors (Lipinski definition) is 2. The summed E-state index contributed by atoms with van der Waals surface area (Å²) in [6, 6.07) is 0. The molecule has 0 radical (unpaired) electrons. The molecule has 2 saturated carbocycles. The standard InChI is InChI=1S/C14H21NO3/c16-12(10-11-6-5-7-11)15-14(13(17)18)8-3-1-2-4-9-14/h10H,1-9H2,(H,15,16)(H,17,18). The van der Waals surface area contributed by atoms with Crippen LogP contribution in [-0.4, -0.2) is 22.5 Å². The van der Waals surface area contributed by atoms with Crippen LogP contribution in [-0.2, 0) is 9.59 Å². The fourth-order valence-electron chi connectivity index (χ4n) is 2.71. The topological polar surface area (TPSA) is 66.4 Å². The third-order valence-corrected chi connectivity index (χ3v) is 4.06. The van der Waals surface area contributed by atoms with Gasteiger partial charge >= 0.3 is 5.97 Å². The van der Waals surface area contributed by atoms with Crippen LogP contribution in [0.1, 0.15) is 57.8 Å². The molecule has 2 aliphatic rings. The summed E-state index contributed by atoms with van der Waals surface area (Å²) in [6.45, 7) is 0. The second-order valence-corrected chi connectivity index (χ2v) is 5.45. The van der Waals surface area contributed by atoms with Crippen molar-refractivity contribution in [1.82, 2.24) is 5.32 Å². The highest BCUT2D eigenvalue weighted by atomic mass is 16.4. The van der Waals surface area contributed by atoms with Crippen molar-refractivity contribution in [2.45, 2.75) is 63.3 Å². The lowest BCUT2D eigenvalue weighted by Gasteiger charge is -2.29. The normalized spacial score (nSPS) is 22.6. The SMILES string of the molecule is O=C(C=C1CCC1)NC1(C(=O)O)CCCCCC1. The van der Waals surface area contributed by atoms with Crippen LogP contribution < -0.4 is 5.32 Å². The van der Waals surface area contributed by atoms with E-state index in [1.54, 1.807) is 6.08 Å². The Labute approximate surface area is 107 Å². The van der Waals surface area contributed by atoms with Gasteiger partial charge in [0.25, 0.3) is 0 Å². The molecule has 18 heavy (non-hydrogen) atoms. The molecule has 0 bridgehead atoms. The highest BCUT2D eigenvalue weighted by Gasteiger charge is 2.39. The minimum Gasteiger partial charge on any atom is -0.480 e. The lowest BCUT2D eigenvalue weighted by molar-refractivity contribution is -0.147. The van der Waals surface area contributed by atoms with Crippen molar-refractivity contribution in [3.05, 3.63) is 11.6 Å². The number of hydrogen-bond acceptors (Lipinski definition) is 2. The summed E-state index contributed by atoms with van der Waals surface area (Å²) < 4.78 is 0. The number of rotatable bonds is 3. The first-order valence-electron chi connectivity index (χ1n) is 6.87. The monoisotopic (exact) mass is 251 g/mol. The van der Waals surface area contributed by atoms with E-state index in [1.807, 2.05) is 0 Å². The molecule has 2 N–H and O–H groups in total. The number of allylic oxidation sites excluding steroid dienone is 1. The Hall–Kier alpha value is -1.32. The van der Waals surface area contributed by atoms with Crippen LogP contribution in [0.2, 0.25) is 0 Å². The summed E-state index contributed by atoms with van der Waals surface area (Å²) in [5.41, 5.74) is 0.107. The molecular formula is C14H21NO3. The van der Waals surface area contributed by atoms with Gasteiger partial charge in [-0.05, 0) is 32.1 Å². The number of carboxylic acids is 1. The van der Waals surface area contributed by atoms with E-state index in [0.29, 0.717) is 12.8 Å². The zero-order valence-electron chi connectivity index (χ0n) is 10.7. The van der Waals surface area contributed by atoms with Crippen LogP contribution in [0.4, 0.5) is 0 Å². The molecule has 0 aromatic rings. The first kappa shape index (κ1) is 13.1. The van der Waals surface area contributed by atoms with Crippen molar-refractivity contribution < 1.29 is 14.7 Å². The van der Waals surface area contributed by atoms with Crippen molar-refractivity contribution in [1.29, 1.82) is 0 Å². The Morgan fingerprint density at radius 3 is 2.11 bits per heavy atom. The van der Waals surface area contributed by atoms with Gasteiger partial charge in [0, 0.05) is 6.08 Å². The van der Waals surface area contributed by atoms with E-state index in [9.17, 15) is 14.7 Å². The number of carbonyl (C=O) groups excluding carboxylic acids is 1. The third-order valence-electron chi connectivity index (χ3n) is 4.06. The van der Waals surface area contributed by atoms with Crippen LogP contribution in [0.3, 0.4) is 0 Å². The number of aliphatic carboxylic acids is 1. The molecule has 0 unspecified atom stereocenters. The van der Waals surface area contributed by atoms with Crippen molar-refractivity contribution in [3.63, 3.8) is 0 Å². The lowest BCUT2D eigenvalue weighted by atomic mass is 9.89. The van der Waals surface area contributed by atoms with Crippen molar-refractivity contribution in [3.8, 4) is 0 Å². The van der Waals surface area contributed by atoms with E-state index < -0.39 is 11.5 Å².